The van der Waals surface area contributed by atoms with Gasteiger partial charge in [-0.3, -0.25) is 10.1 Å². The van der Waals surface area contributed by atoms with Crippen molar-refractivity contribution in [2.75, 3.05) is 26.6 Å². The molecule has 6 rings (SSSR count). The predicted octanol–water partition coefficient (Wildman–Crippen LogP) is 10.0. The highest BCUT2D eigenvalue weighted by Gasteiger charge is 2.37. The summed E-state index contributed by atoms with van der Waals surface area (Å²) in [6.45, 7) is 6.71. The highest BCUT2D eigenvalue weighted by molar-refractivity contribution is 9.10. The number of amides is 1. The minimum atomic E-state index is -0.401. The van der Waals surface area contributed by atoms with Gasteiger partial charge in [-0.05, 0) is 91.0 Å². The molecule has 0 aliphatic heterocycles. The molecule has 1 unspecified atom stereocenters. The maximum absolute atomic E-state index is 14.5. The van der Waals surface area contributed by atoms with Gasteiger partial charge in [0.1, 0.15) is 28.6 Å². The summed E-state index contributed by atoms with van der Waals surface area (Å²) in [4.78, 5) is 33.4. The van der Waals surface area contributed by atoms with E-state index in [4.69, 9.17) is 19.2 Å². The fraction of sp³-hybridized carbons (Fsp3) is 0.359. The number of nitrogens with zero attached hydrogens (tertiary/aromatic N) is 2. The van der Waals surface area contributed by atoms with Crippen molar-refractivity contribution in [2.24, 2.45) is 0 Å². The van der Waals surface area contributed by atoms with Crippen molar-refractivity contribution in [2.45, 2.75) is 71.1 Å². The van der Waals surface area contributed by atoms with E-state index < -0.39 is 16.4 Å². The molecular formula is C39H43BrN3O5S+. The number of thiazole rings is 1. The second-order valence-corrected chi connectivity index (χ2v) is 15.7. The van der Waals surface area contributed by atoms with Crippen molar-refractivity contribution < 1.29 is 23.8 Å². The first kappa shape index (κ1) is 34.7. The summed E-state index contributed by atoms with van der Waals surface area (Å²) in [5.41, 5.74) is 6.85. The van der Waals surface area contributed by atoms with Crippen LogP contribution in [0.15, 0.2) is 59.1 Å². The minimum Gasteiger partial charge on any atom is -0.496 e. The Morgan fingerprint density at radius 3 is 2.43 bits per heavy atom. The van der Waals surface area contributed by atoms with Crippen molar-refractivity contribution in [3.05, 3.63) is 91.9 Å². The van der Waals surface area contributed by atoms with Crippen LogP contribution >= 0.6 is 26.4 Å². The molecule has 2 heterocycles. The second-order valence-electron chi connectivity index (χ2n) is 12.6. The van der Waals surface area contributed by atoms with Gasteiger partial charge in [-0.2, -0.15) is 4.98 Å². The number of ether oxygens (including phenoxy) is 3. The van der Waals surface area contributed by atoms with Gasteiger partial charge >= 0.3 is 11.1 Å². The smallest absolute Gasteiger partial charge is 0.347 e. The van der Waals surface area contributed by atoms with Crippen molar-refractivity contribution in [1.29, 1.82) is 0 Å². The van der Waals surface area contributed by atoms with Crippen LogP contribution in [0.2, 0.25) is 0 Å². The number of hydrogen-bond acceptors (Lipinski definition) is 6. The SMILES string of the molecule is CC[s+]1c(NC(=O)c2cc3cc(C)cc(C)c3n2Cc2cccc(C(=O)OC)c2)nc(-c2cc(Br)c(OC)cc2OC)c1C1CCCCC1. The van der Waals surface area contributed by atoms with Crippen LogP contribution in [0.3, 0.4) is 0 Å². The number of nitrogens with one attached hydrogen (secondary N) is 1. The van der Waals surface area contributed by atoms with E-state index in [9.17, 15) is 9.59 Å². The Morgan fingerprint density at radius 1 is 0.980 bits per heavy atom. The molecule has 49 heavy (non-hydrogen) atoms. The predicted molar refractivity (Wildman–Crippen MR) is 201 cm³/mol. The van der Waals surface area contributed by atoms with Crippen LogP contribution in [0.5, 0.6) is 11.5 Å². The lowest BCUT2D eigenvalue weighted by molar-refractivity contribution is 0.0600. The number of aryl methyl sites for hydroxylation is 2. The fourth-order valence-corrected chi connectivity index (χ4v) is 9.98. The highest BCUT2D eigenvalue weighted by atomic mass is 79.9. The van der Waals surface area contributed by atoms with E-state index in [1.54, 1.807) is 20.3 Å². The number of fused-ring (bicyclic) bond motifs is 1. The van der Waals surface area contributed by atoms with Gasteiger partial charge in [0.2, 0.25) is 0 Å². The van der Waals surface area contributed by atoms with Crippen LogP contribution in [0, 0.1) is 13.8 Å². The van der Waals surface area contributed by atoms with Crippen molar-refractivity contribution in [3.63, 3.8) is 0 Å². The summed E-state index contributed by atoms with van der Waals surface area (Å²) in [5, 5.41) is 4.99. The third kappa shape index (κ3) is 6.85. The number of rotatable bonds is 10. The summed E-state index contributed by atoms with van der Waals surface area (Å²) in [5.74, 6) is 1.97. The van der Waals surface area contributed by atoms with E-state index in [0.29, 0.717) is 40.4 Å². The summed E-state index contributed by atoms with van der Waals surface area (Å²) >= 11 is 3.68. The fourth-order valence-electron chi connectivity index (χ4n) is 7.24. The molecule has 5 aromatic rings. The second kappa shape index (κ2) is 14.8. The molecule has 8 nitrogen and oxygen atoms in total. The third-order valence-electron chi connectivity index (χ3n) is 9.41. The van der Waals surface area contributed by atoms with Gasteiger partial charge in [0.25, 0.3) is 5.91 Å². The van der Waals surface area contributed by atoms with Crippen LogP contribution < -0.4 is 14.8 Å². The maximum Gasteiger partial charge on any atom is 0.347 e. The summed E-state index contributed by atoms with van der Waals surface area (Å²) in [6, 6.07) is 17.5. The van der Waals surface area contributed by atoms with Crippen LogP contribution in [0.1, 0.15) is 87.4 Å². The van der Waals surface area contributed by atoms with Gasteiger partial charge in [0.15, 0.2) is 4.88 Å². The lowest BCUT2D eigenvalue weighted by atomic mass is 9.86. The van der Waals surface area contributed by atoms with E-state index >= 15 is 0 Å². The number of anilines is 1. The molecule has 1 amide bonds. The zero-order chi connectivity index (χ0) is 34.8. The van der Waals surface area contributed by atoms with Crippen LogP contribution in [-0.4, -0.2) is 42.8 Å². The van der Waals surface area contributed by atoms with Crippen molar-refractivity contribution >= 4 is 54.3 Å². The lowest BCUT2D eigenvalue weighted by Crippen LogP contribution is -2.18. The summed E-state index contributed by atoms with van der Waals surface area (Å²) < 4.78 is 19.3. The minimum absolute atomic E-state index is 0.214. The molecule has 1 fully saturated rings. The Labute approximate surface area is 298 Å². The molecule has 2 aromatic heterocycles. The van der Waals surface area contributed by atoms with Gasteiger partial charge in [0, 0.05) is 39.9 Å². The van der Waals surface area contributed by atoms with E-state index in [-0.39, 0.29) is 5.91 Å². The number of benzene rings is 3. The molecule has 0 radical (unpaired) electrons. The summed E-state index contributed by atoms with van der Waals surface area (Å²) in [6.07, 6.45) is 5.83. The number of hydrogen-bond donors (Lipinski definition) is 1. The number of halogens is 1. The zero-order valence-electron chi connectivity index (χ0n) is 28.9. The number of esters is 1. The molecule has 1 N–H and O–H groups in total. The largest absolute Gasteiger partial charge is 0.496 e. The number of aromatic nitrogens is 2. The quantitative estimate of drug-likeness (QED) is 0.113. The summed E-state index contributed by atoms with van der Waals surface area (Å²) in [7, 11) is 4.28. The first-order valence-electron chi connectivity index (χ1n) is 16.7. The average molecular weight is 746 g/mol. The van der Waals surface area contributed by atoms with Crippen LogP contribution in [0.25, 0.3) is 22.2 Å². The molecule has 1 aliphatic rings. The van der Waals surface area contributed by atoms with Gasteiger partial charge in [-0.15, -0.1) is 0 Å². The monoisotopic (exact) mass is 744 g/mol. The maximum atomic E-state index is 14.5. The van der Waals surface area contributed by atoms with E-state index in [1.807, 2.05) is 36.4 Å². The molecule has 1 atom stereocenters. The first-order chi connectivity index (χ1) is 23.7. The molecule has 0 spiro atoms. The topological polar surface area (TPSA) is 91.7 Å². The zero-order valence-corrected chi connectivity index (χ0v) is 31.3. The Balaban J connectivity index is 1.47. The Kier molecular flexibility index (Phi) is 10.5. The standard InChI is InChI=1S/C39H42BrN3O5S/c1-7-49-36(26-13-9-8-10-14-26)34(29-20-30(40)33(47-5)21-32(29)46-4)41-39(49)42-37(44)31-19-28-17-23(2)16-24(3)35(28)43(31)22-25-12-11-15-27(18-25)38(45)48-6/h11-12,15-21,26H,7-10,13-14,22H2,1-6H3/p+1. The number of carbonyl (C=O) groups excluding carboxylic acids is 2. The van der Waals surface area contributed by atoms with Gasteiger partial charge < -0.3 is 18.8 Å². The normalized spacial score (nSPS) is 13.8. The van der Waals surface area contributed by atoms with Crippen LogP contribution in [0.4, 0.5) is 5.13 Å². The van der Waals surface area contributed by atoms with E-state index in [2.05, 4.69) is 58.7 Å². The Bertz CT molecular complexity index is 2040. The number of methoxy groups -OCH3 is 3. The van der Waals surface area contributed by atoms with Gasteiger partial charge in [-0.25, -0.2) is 4.79 Å². The molecule has 0 saturated heterocycles. The lowest BCUT2D eigenvalue weighted by Gasteiger charge is -2.20. The molecule has 1 saturated carbocycles. The Morgan fingerprint density at radius 2 is 1.73 bits per heavy atom. The van der Waals surface area contributed by atoms with Crippen molar-refractivity contribution in [3.8, 4) is 22.8 Å². The molecule has 10 heteroatoms. The number of carbonyl (C=O) groups is 2. The van der Waals surface area contributed by atoms with E-state index in [0.717, 1.165) is 61.9 Å². The highest BCUT2D eigenvalue weighted by Crippen LogP contribution is 2.52. The van der Waals surface area contributed by atoms with E-state index in [1.165, 1.54) is 31.2 Å². The average Bonchev–Trinajstić information content (AvgIpc) is 3.66. The van der Waals surface area contributed by atoms with Gasteiger partial charge in [0.05, 0.1) is 36.9 Å². The Hall–Kier alpha value is -4.15. The van der Waals surface area contributed by atoms with Crippen molar-refractivity contribution in [1.82, 2.24) is 9.55 Å². The molecular weight excluding hydrogens is 702 g/mol. The van der Waals surface area contributed by atoms with Gasteiger partial charge in [-0.1, -0.05) is 43.0 Å². The third-order valence-corrected chi connectivity index (χ3v) is 12.3. The molecule has 3 aromatic carbocycles. The molecule has 0 bridgehead atoms. The molecule has 1 aliphatic carbocycles. The van der Waals surface area contributed by atoms with Crippen LogP contribution in [-0.2, 0) is 17.0 Å². The molecule has 256 valence electrons. The first-order valence-corrected chi connectivity index (χ1v) is 18.9.